The highest BCUT2D eigenvalue weighted by atomic mass is 16.6. The van der Waals surface area contributed by atoms with Gasteiger partial charge in [0.2, 0.25) is 5.91 Å². The molecular formula is C15H26N2O6. The second-order valence-electron chi connectivity index (χ2n) is 5.70. The number of carbonyl (C=O) groups excluding carboxylic acids is 3. The Balaban J connectivity index is 2.51. The Hall–Kier alpha value is -1.67. The van der Waals surface area contributed by atoms with Crippen LogP contribution in [0.15, 0.2) is 0 Å². The van der Waals surface area contributed by atoms with E-state index in [2.05, 4.69) is 10.6 Å². The molecule has 8 heteroatoms. The van der Waals surface area contributed by atoms with E-state index in [1.165, 1.54) is 0 Å². The molecule has 1 aliphatic rings. The van der Waals surface area contributed by atoms with Gasteiger partial charge in [0.05, 0.1) is 13.2 Å². The van der Waals surface area contributed by atoms with E-state index in [9.17, 15) is 14.4 Å². The maximum atomic E-state index is 12.1. The molecule has 2 unspecified atom stereocenters. The van der Waals surface area contributed by atoms with Crippen molar-refractivity contribution in [3.05, 3.63) is 0 Å². The minimum Gasteiger partial charge on any atom is -0.464 e. The van der Waals surface area contributed by atoms with Gasteiger partial charge >= 0.3 is 5.97 Å². The largest absolute Gasteiger partial charge is 0.464 e. The summed E-state index contributed by atoms with van der Waals surface area (Å²) in [4.78, 5) is 35.7. The van der Waals surface area contributed by atoms with Crippen LogP contribution < -0.4 is 10.6 Å². The van der Waals surface area contributed by atoms with Gasteiger partial charge in [-0.3, -0.25) is 9.59 Å². The molecule has 2 amide bonds. The number of ether oxygens (including phenoxy) is 3. The first-order chi connectivity index (χ1) is 10.9. The third-order valence-corrected chi connectivity index (χ3v) is 3.21. The average Bonchev–Trinajstić information content (AvgIpc) is 3.27. The number of esters is 1. The van der Waals surface area contributed by atoms with E-state index < -0.39 is 30.1 Å². The molecule has 132 valence electrons. The van der Waals surface area contributed by atoms with Gasteiger partial charge in [-0.1, -0.05) is 13.8 Å². The molecule has 1 aliphatic heterocycles. The number of nitrogens with one attached hydrogen (secondary N) is 2. The molecule has 8 nitrogen and oxygen atoms in total. The van der Waals surface area contributed by atoms with Crippen LogP contribution in [0, 0.1) is 5.92 Å². The number of rotatable bonds is 10. The second kappa shape index (κ2) is 9.46. The standard InChI is InChI=1S/C15H26N2O6/c1-5-22-15(20)12-11(23-12)14(19)17-10(8-9(2)3)13(18)16-6-7-21-4/h9-12H,5-8H2,1-4H3,(H,16,18)(H,17,19)/t10?,11?,12-/m0/s1. The average molecular weight is 330 g/mol. The molecule has 3 atom stereocenters. The summed E-state index contributed by atoms with van der Waals surface area (Å²) >= 11 is 0. The van der Waals surface area contributed by atoms with Crippen LogP contribution in [-0.2, 0) is 28.6 Å². The van der Waals surface area contributed by atoms with Crippen LogP contribution in [0.25, 0.3) is 0 Å². The summed E-state index contributed by atoms with van der Waals surface area (Å²) in [6.45, 7) is 6.58. The van der Waals surface area contributed by atoms with Crippen molar-refractivity contribution in [3.8, 4) is 0 Å². The highest BCUT2D eigenvalue weighted by Crippen LogP contribution is 2.24. The molecule has 0 aromatic heterocycles. The molecule has 0 aromatic rings. The van der Waals surface area contributed by atoms with Crippen molar-refractivity contribution < 1.29 is 28.6 Å². The van der Waals surface area contributed by atoms with E-state index in [0.29, 0.717) is 19.6 Å². The molecule has 0 aliphatic carbocycles. The number of carbonyl (C=O) groups is 3. The molecule has 2 N–H and O–H groups in total. The zero-order valence-electron chi connectivity index (χ0n) is 14.1. The van der Waals surface area contributed by atoms with E-state index in [0.717, 1.165) is 0 Å². The Morgan fingerprint density at radius 2 is 1.91 bits per heavy atom. The maximum absolute atomic E-state index is 12.1. The predicted octanol–water partition coefficient (Wildman–Crippen LogP) is -0.390. The van der Waals surface area contributed by atoms with E-state index in [1.54, 1.807) is 14.0 Å². The van der Waals surface area contributed by atoms with Crippen molar-refractivity contribution in [2.24, 2.45) is 5.92 Å². The Morgan fingerprint density at radius 3 is 2.48 bits per heavy atom. The topological polar surface area (TPSA) is 106 Å². The van der Waals surface area contributed by atoms with E-state index >= 15 is 0 Å². The Labute approximate surface area is 136 Å². The molecule has 0 bridgehead atoms. The lowest BCUT2D eigenvalue weighted by Gasteiger charge is -2.19. The Kier molecular flexibility index (Phi) is 7.97. The van der Waals surface area contributed by atoms with Gasteiger partial charge in [-0.25, -0.2) is 4.79 Å². The van der Waals surface area contributed by atoms with Gasteiger partial charge in [0.25, 0.3) is 5.91 Å². The summed E-state index contributed by atoms with van der Waals surface area (Å²) in [5.74, 6) is -1.10. The summed E-state index contributed by atoms with van der Waals surface area (Å²) in [7, 11) is 1.54. The highest BCUT2D eigenvalue weighted by Gasteiger charge is 2.52. The third-order valence-electron chi connectivity index (χ3n) is 3.21. The maximum Gasteiger partial charge on any atom is 0.338 e. The van der Waals surface area contributed by atoms with Crippen LogP contribution in [0.1, 0.15) is 27.2 Å². The van der Waals surface area contributed by atoms with Gasteiger partial charge in [-0.05, 0) is 19.3 Å². The molecule has 0 spiro atoms. The van der Waals surface area contributed by atoms with Gasteiger partial charge in [0.1, 0.15) is 6.04 Å². The highest BCUT2D eigenvalue weighted by molar-refractivity contribution is 5.95. The second-order valence-corrected chi connectivity index (χ2v) is 5.70. The molecule has 1 fully saturated rings. The molecule has 0 radical (unpaired) electrons. The number of methoxy groups -OCH3 is 1. The fourth-order valence-corrected chi connectivity index (χ4v) is 2.07. The van der Waals surface area contributed by atoms with Crippen molar-refractivity contribution in [3.63, 3.8) is 0 Å². The number of epoxide rings is 1. The number of hydrogen-bond acceptors (Lipinski definition) is 6. The monoisotopic (exact) mass is 330 g/mol. The van der Waals surface area contributed by atoms with Crippen LogP contribution in [0.4, 0.5) is 0 Å². The van der Waals surface area contributed by atoms with Crippen LogP contribution in [0.3, 0.4) is 0 Å². The fraction of sp³-hybridized carbons (Fsp3) is 0.800. The number of amides is 2. The molecule has 0 saturated carbocycles. The van der Waals surface area contributed by atoms with Crippen LogP contribution in [0.2, 0.25) is 0 Å². The predicted molar refractivity (Wildman–Crippen MR) is 81.6 cm³/mol. The third kappa shape index (κ3) is 6.54. The summed E-state index contributed by atoms with van der Waals surface area (Å²) < 4.78 is 14.7. The van der Waals surface area contributed by atoms with Gasteiger partial charge in [0.15, 0.2) is 12.2 Å². The van der Waals surface area contributed by atoms with Crippen molar-refractivity contribution in [2.75, 3.05) is 26.9 Å². The first-order valence-corrected chi connectivity index (χ1v) is 7.79. The van der Waals surface area contributed by atoms with Crippen molar-refractivity contribution in [1.82, 2.24) is 10.6 Å². The van der Waals surface area contributed by atoms with E-state index in [1.807, 2.05) is 13.8 Å². The molecule has 1 rings (SSSR count). The van der Waals surface area contributed by atoms with Crippen LogP contribution in [0.5, 0.6) is 0 Å². The molecule has 0 aromatic carbocycles. The van der Waals surface area contributed by atoms with Crippen molar-refractivity contribution in [2.45, 2.75) is 45.4 Å². The summed E-state index contributed by atoms with van der Waals surface area (Å²) in [5.41, 5.74) is 0. The molecule has 1 saturated heterocycles. The molecule has 23 heavy (non-hydrogen) atoms. The van der Waals surface area contributed by atoms with Crippen LogP contribution >= 0.6 is 0 Å². The van der Waals surface area contributed by atoms with Crippen molar-refractivity contribution in [1.29, 1.82) is 0 Å². The van der Waals surface area contributed by atoms with Gasteiger partial charge < -0.3 is 24.8 Å². The lowest BCUT2D eigenvalue weighted by Crippen LogP contribution is -2.49. The lowest BCUT2D eigenvalue weighted by atomic mass is 10.0. The first-order valence-electron chi connectivity index (χ1n) is 7.79. The summed E-state index contributed by atoms with van der Waals surface area (Å²) in [6, 6.07) is -0.675. The lowest BCUT2D eigenvalue weighted by molar-refractivity contribution is -0.144. The summed E-state index contributed by atoms with van der Waals surface area (Å²) in [6.07, 6.45) is -1.26. The smallest absolute Gasteiger partial charge is 0.338 e. The van der Waals surface area contributed by atoms with Gasteiger partial charge in [-0.2, -0.15) is 0 Å². The van der Waals surface area contributed by atoms with E-state index in [-0.39, 0.29) is 18.4 Å². The fourth-order valence-electron chi connectivity index (χ4n) is 2.07. The molecular weight excluding hydrogens is 304 g/mol. The molecule has 1 heterocycles. The normalized spacial score (nSPS) is 20.7. The summed E-state index contributed by atoms with van der Waals surface area (Å²) in [5, 5.41) is 5.34. The zero-order valence-corrected chi connectivity index (χ0v) is 14.1. The van der Waals surface area contributed by atoms with E-state index in [4.69, 9.17) is 14.2 Å². The Bertz CT molecular complexity index is 426. The Morgan fingerprint density at radius 1 is 1.22 bits per heavy atom. The number of hydrogen-bond donors (Lipinski definition) is 2. The minimum atomic E-state index is -0.879. The quantitative estimate of drug-likeness (QED) is 0.321. The van der Waals surface area contributed by atoms with Crippen molar-refractivity contribution >= 4 is 17.8 Å². The van der Waals surface area contributed by atoms with Gasteiger partial charge in [0, 0.05) is 13.7 Å². The first kappa shape index (κ1) is 19.4. The van der Waals surface area contributed by atoms with Gasteiger partial charge in [-0.15, -0.1) is 0 Å². The zero-order chi connectivity index (χ0) is 17.4. The minimum absolute atomic E-state index is 0.217. The van der Waals surface area contributed by atoms with Crippen LogP contribution in [-0.4, -0.2) is 62.9 Å². The SMILES string of the molecule is CCOC(=O)[C@H]1OC1C(=O)NC(CC(C)C)C(=O)NCCOC.